The number of rotatable bonds is 2. The van der Waals surface area contributed by atoms with Crippen molar-refractivity contribution in [3.63, 3.8) is 0 Å². The van der Waals surface area contributed by atoms with Gasteiger partial charge in [-0.1, -0.05) is 12.1 Å². The Morgan fingerprint density at radius 1 is 1.29 bits per heavy atom. The van der Waals surface area contributed by atoms with Crippen LogP contribution in [0.1, 0.15) is 37.9 Å². The second-order valence-electron chi connectivity index (χ2n) is 8.01. The summed E-state index contributed by atoms with van der Waals surface area (Å²) in [6, 6.07) is 5.92. The van der Waals surface area contributed by atoms with Crippen LogP contribution < -0.4 is 5.32 Å². The summed E-state index contributed by atoms with van der Waals surface area (Å²) in [7, 11) is 1.93. The quantitative estimate of drug-likeness (QED) is 0.733. The SMILES string of the molecule is Cn1ncc2ccc(-c3cncc4c3COCC4NC(=O)OC(C)(C)C)cc21. The van der Waals surface area contributed by atoms with Gasteiger partial charge in [-0.2, -0.15) is 5.10 Å². The molecule has 0 saturated heterocycles. The van der Waals surface area contributed by atoms with E-state index in [1.165, 1.54) is 0 Å². The first-order valence-corrected chi connectivity index (χ1v) is 9.28. The average molecular weight is 380 g/mol. The molecular formula is C21H24N4O3. The van der Waals surface area contributed by atoms with Crippen molar-refractivity contribution in [3.8, 4) is 11.1 Å². The number of aryl methyl sites for hydroxylation is 1. The molecule has 28 heavy (non-hydrogen) atoms. The van der Waals surface area contributed by atoms with Crippen LogP contribution in [0.15, 0.2) is 36.8 Å². The molecule has 0 bridgehead atoms. The van der Waals surface area contributed by atoms with Crippen molar-refractivity contribution in [2.24, 2.45) is 7.05 Å². The van der Waals surface area contributed by atoms with Crippen LogP contribution in [0.5, 0.6) is 0 Å². The summed E-state index contributed by atoms with van der Waals surface area (Å²) in [5.41, 5.74) is 4.53. The number of fused-ring (bicyclic) bond motifs is 2. The number of hydrogen-bond donors (Lipinski definition) is 1. The lowest BCUT2D eigenvalue weighted by molar-refractivity contribution is 0.0390. The summed E-state index contributed by atoms with van der Waals surface area (Å²) in [5, 5.41) is 8.30. The van der Waals surface area contributed by atoms with Crippen LogP contribution in [-0.4, -0.2) is 33.1 Å². The van der Waals surface area contributed by atoms with E-state index < -0.39 is 11.7 Å². The van der Waals surface area contributed by atoms with Crippen molar-refractivity contribution in [1.82, 2.24) is 20.1 Å². The Labute approximate surface area is 163 Å². The van der Waals surface area contributed by atoms with Gasteiger partial charge < -0.3 is 14.8 Å². The minimum atomic E-state index is -0.555. The lowest BCUT2D eigenvalue weighted by atomic mass is 9.93. The topological polar surface area (TPSA) is 78.3 Å². The highest BCUT2D eigenvalue weighted by Gasteiger charge is 2.27. The molecule has 1 N–H and O–H groups in total. The van der Waals surface area contributed by atoms with Crippen LogP contribution in [-0.2, 0) is 23.1 Å². The van der Waals surface area contributed by atoms with Crippen LogP contribution >= 0.6 is 0 Å². The third-order valence-electron chi connectivity index (χ3n) is 4.75. The van der Waals surface area contributed by atoms with Gasteiger partial charge >= 0.3 is 6.09 Å². The summed E-state index contributed by atoms with van der Waals surface area (Å²) in [5.74, 6) is 0. The first-order chi connectivity index (χ1) is 13.3. The number of ether oxygens (including phenoxy) is 2. The monoisotopic (exact) mass is 380 g/mol. The standard InChI is InChI=1S/C21H24N4O3/c1-21(2,3)28-20(26)24-18-12-27-11-17-15(9-22-10-16(17)18)13-5-6-14-8-23-25(4)19(14)7-13/h5-10,18H,11-12H2,1-4H3,(H,24,26). The molecule has 0 radical (unpaired) electrons. The van der Waals surface area contributed by atoms with E-state index in [1.54, 1.807) is 6.20 Å². The first kappa shape index (κ1) is 18.4. The van der Waals surface area contributed by atoms with Gasteiger partial charge in [-0.25, -0.2) is 4.79 Å². The van der Waals surface area contributed by atoms with Gasteiger partial charge in [-0.05, 0) is 38.0 Å². The van der Waals surface area contributed by atoms with E-state index in [1.807, 2.05) is 44.9 Å². The molecule has 0 spiro atoms. The van der Waals surface area contributed by atoms with Gasteiger partial charge in [-0.3, -0.25) is 9.67 Å². The predicted molar refractivity (Wildman–Crippen MR) is 106 cm³/mol. The van der Waals surface area contributed by atoms with Crippen molar-refractivity contribution in [1.29, 1.82) is 0 Å². The summed E-state index contributed by atoms with van der Waals surface area (Å²) in [6.45, 7) is 6.38. The van der Waals surface area contributed by atoms with E-state index in [2.05, 4.69) is 33.6 Å². The molecule has 3 aromatic rings. The maximum atomic E-state index is 12.2. The maximum absolute atomic E-state index is 12.2. The Morgan fingerprint density at radius 3 is 2.89 bits per heavy atom. The number of carbonyl (C=O) groups is 1. The van der Waals surface area contributed by atoms with Crippen molar-refractivity contribution >= 4 is 17.0 Å². The molecule has 2 aromatic heterocycles. The highest BCUT2D eigenvalue weighted by molar-refractivity contribution is 5.85. The van der Waals surface area contributed by atoms with Crippen molar-refractivity contribution in [2.45, 2.75) is 39.0 Å². The normalized spacial score (nSPS) is 16.6. The summed E-state index contributed by atoms with van der Waals surface area (Å²) in [6.07, 6.45) is 5.03. The zero-order valence-electron chi connectivity index (χ0n) is 16.5. The number of amides is 1. The minimum Gasteiger partial charge on any atom is -0.444 e. The van der Waals surface area contributed by atoms with E-state index in [0.717, 1.165) is 33.2 Å². The molecule has 0 aliphatic carbocycles. The molecule has 7 nitrogen and oxygen atoms in total. The van der Waals surface area contributed by atoms with E-state index >= 15 is 0 Å². The Morgan fingerprint density at radius 2 is 2.11 bits per heavy atom. The fourth-order valence-corrected chi connectivity index (χ4v) is 3.46. The van der Waals surface area contributed by atoms with E-state index in [9.17, 15) is 4.79 Å². The van der Waals surface area contributed by atoms with E-state index in [0.29, 0.717) is 13.2 Å². The van der Waals surface area contributed by atoms with Crippen molar-refractivity contribution in [3.05, 3.63) is 47.9 Å². The molecular weight excluding hydrogens is 356 g/mol. The second kappa shape index (κ2) is 6.91. The minimum absolute atomic E-state index is 0.300. The zero-order chi connectivity index (χ0) is 19.9. The number of hydrogen-bond acceptors (Lipinski definition) is 5. The van der Waals surface area contributed by atoms with Crippen LogP contribution in [0.2, 0.25) is 0 Å². The molecule has 3 heterocycles. The smallest absolute Gasteiger partial charge is 0.408 e. The van der Waals surface area contributed by atoms with Gasteiger partial charge in [0.05, 0.1) is 31.0 Å². The fourth-order valence-electron chi connectivity index (χ4n) is 3.46. The molecule has 1 unspecified atom stereocenters. The molecule has 1 aliphatic heterocycles. The summed E-state index contributed by atoms with van der Waals surface area (Å²) >= 11 is 0. The predicted octanol–water partition coefficient (Wildman–Crippen LogP) is 3.73. The van der Waals surface area contributed by atoms with Gasteiger partial charge in [0.15, 0.2) is 0 Å². The van der Waals surface area contributed by atoms with Crippen molar-refractivity contribution < 1.29 is 14.3 Å². The maximum Gasteiger partial charge on any atom is 0.408 e. The van der Waals surface area contributed by atoms with Gasteiger partial charge in [0.1, 0.15) is 5.60 Å². The summed E-state index contributed by atoms with van der Waals surface area (Å²) < 4.78 is 13.0. The lowest BCUT2D eigenvalue weighted by Gasteiger charge is -2.29. The van der Waals surface area contributed by atoms with E-state index in [-0.39, 0.29) is 6.04 Å². The lowest BCUT2D eigenvalue weighted by Crippen LogP contribution is -2.38. The molecule has 146 valence electrons. The fraction of sp³-hybridized carbons (Fsp3) is 0.381. The number of aromatic nitrogens is 3. The molecule has 1 aliphatic rings. The summed E-state index contributed by atoms with van der Waals surface area (Å²) in [4.78, 5) is 16.7. The molecule has 1 atom stereocenters. The van der Waals surface area contributed by atoms with E-state index in [4.69, 9.17) is 9.47 Å². The number of nitrogens with one attached hydrogen (secondary N) is 1. The number of nitrogens with zero attached hydrogens (tertiary/aromatic N) is 3. The van der Waals surface area contributed by atoms with Gasteiger partial charge in [-0.15, -0.1) is 0 Å². The van der Waals surface area contributed by atoms with Gasteiger partial charge in [0, 0.05) is 36.0 Å². The Hall–Kier alpha value is -2.93. The van der Waals surface area contributed by atoms with Crippen LogP contribution in [0.4, 0.5) is 4.79 Å². The van der Waals surface area contributed by atoms with Gasteiger partial charge in [0.25, 0.3) is 0 Å². The first-order valence-electron chi connectivity index (χ1n) is 9.28. The zero-order valence-corrected chi connectivity index (χ0v) is 16.5. The Balaban J connectivity index is 1.68. The number of pyridine rings is 1. The molecule has 4 rings (SSSR count). The largest absolute Gasteiger partial charge is 0.444 e. The number of carbonyl (C=O) groups excluding carboxylic acids is 1. The number of alkyl carbamates (subject to hydrolysis) is 1. The average Bonchev–Trinajstić information content (AvgIpc) is 3.00. The van der Waals surface area contributed by atoms with Crippen molar-refractivity contribution in [2.75, 3.05) is 6.61 Å². The van der Waals surface area contributed by atoms with Crippen LogP contribution in [0.25, 0.3) is 22.0 Å². The van der Waals surface area contributed by atoms with Gasteiger partial charge in [0.2, 0.25) is 0 Å². The molecule has 1 aromatic carbocycles. The Kier molecular flexibility index (Phi) is 4.55. The third-order valence-corrected chi connectivity index (χ3v) is 4.75. The second-order valence-corrected chi connectivity index (χ2v) is 8.01. The molecule has 7 heteroatoms. The van der Waals surface area contributed by atoms with Crippen LogP contribution in [0.3, 0.4) is 0 Å². The molecule has 0 fully saturated rings. The molecule has 0 saturated carbocycles. The third kappa shape index (κ3) is 3.57. The Bertz CT molecular complexity index is 1040. The highest BCUT2D eigenvalue weighted by Crippen LogP contribution is 2.34. The highest BCUT2D eigenvalue weighted by atomic mass is 16.6. The number of benzene rings is 1. The van der Waals surface area contributed by atoms with Crippen LogP contribution in [0, 0.1) is 0 Å². The molecule has 1 amide bonds.